The molecule has 0 aliphatic rings. The number of benzene rings is 1. The molecule has 0 saturated carbocycles. The summed E-state index contributed by atoms with van der Waals surface area (Å²) in [7, 11) is 0. The second-order valence-corrected chi connectivity index (χ2v) is 5.92. The van der Waals surface area contributed by atoms with Crippen molar-refractivity contribution in [3.63, 3.8) is 0 Å². The van der Waals surface area contributed by atoms with E-state index >= 15 is 0 Å². The predicted molar refractivity (Wildman–Crippen MR) is 91.0 cm³/mol. The van der Waals surface area contributed by atoms with Crippen LogP contribution in [-0.2, 0) is 4.74 Å². The van der Waals surface area contributed by atoms with Crippen LogP contribution in [0.4, 0.5) is 8.78 Å². The fraction of sp³-hybridized carbons (Fsp3) is 0.278. The van der Waals surface area contributed by atoms with Crippen LogP contribution in [0.25, 0.3) is 0 Å². The normalized spacial score (nSPS) is 12.0. The standard InChI is InChI=1S/C18H16ClF2NO4/c1-9-8-10(2)22-16(19)14(9)17(24)25-11(3)15(23)12-4-6-13(7-5-12)26-18(20)21/h4-8,11,18H,1-3H3/t11-/m0/s1. The minimum Gasteiger partial charge on any atom is -0.451 e. The predicted octanol–water partition coefficient (Wildman–Crippen LogP) is 4.38. The Morgan fingerprint density at radius 3 is 2.31 bits per heavy atom. The molecule has 0 aliphatic heterocycles. The minimum absolute atomic E-state index is 0.000602. The molecule has 0 aliphatic carbocycles. The number of carbonyl (C=O) groups excluding carboxylic acids is 2. The molecule has 1 aromatic heterocycles. The van der Waals surface area contributed by atoms with Crippen molar-refractivity contribution in [2.75, 3.05) is 0 Å². The largest absolute Gasteiger partial charge is 0.451 e. The molecule has 1 heterocycles. The molecule has 2 aromatic rings. The van der Waals surface area contributed by atoms with Crippen molar-refractivity contribution in [3.05, 3.63) is 57.9 Å². The van der Waals surface area contributed by atoms with Gasteiger partial charge in [0.05, 0.1) is 5.56 Å². The Kier molecular flexibility index (Phi) is 6.26. The molecule has 0 spiro atoms. The van der Waals surface area contributed by atoms with Crippen molar-refractivity contribution in [1.29, 1.82) is 0 Å². The monoisotopic (exact) mass is 383 g/mol. The van der Waals surface area contributed by atoms with Gasteiger partial charge in [-0.15, -0.1) is 0 Å². The summed E-state index contributed by atoms with van der Waals surface area (Å²) in [6.45, 7) is 1.88. The van der Waals surface area contributed by atoms with E-state index in [0.717, 1.165) is 0 Å². The molecule has 0 unspecified atom stereocenters. The summed E-state index contributed by atoms with van der Waals surface area (Å²) in [4.78, 5) is 28.7. The molecular weight excluding hydrogens is 368 g/mol. The van der Waals surface area contributed by atoms with Crippen molar-refractivity contribution < 1.29 is 27.8 Å². The van der Waals surface area contributed by atoms with Gasteiger partial charge in [-0.05, 0) is 56.7 Å². The Morgan fingerprint density at radius 2 is 1.77 bits per heavy atom. The highest BCUT2D eigenvalue weighted by molar-refractivity contribution is 6.32. The van der Waals surface area contributed by atoms with Gasteiger partial charge in [0.1, 0.15) is 10.9 Å². The zero-order valence-electron chi connectivity index (χ0n) is 14.3. The Bertz CT molecular complexity index is 801. The van der Waals surface area contributed by atoms with E-state index in [1.807, 2.05) is 0 Å². The Labute approximate surface area is 153 Å². The van der Waals surface area contributed by atoms with Crippen LogP contribution in [0.5, 0.6) is 5.75 Å². The zero-order chi connectivity index (χ0) is 19.4. The fourth-order valence-corrected chi connectivity index (χ4v) is 2.70. The van der Waals surface area contributed by atoms with E-state index in [1.54, 1.807) is 19.9 Å². The molecule has 0 bridgehead atoms. The summed E-state index contributed by atoms with van der Waals surface area (Å²) in [5.74, 6) is -1.33. The van der Waals surface area contributed by atoms with Gasteiger partial charge in [0.25, 0.3) is 0 Å². The highest BCUT2D eigenvalue weighted by atomic mass is 35.5. The number of ketones is 1. The maximum absolute atomic E-state index is 12.4. The van der Waals surface area contributed by atoms with E-state index in [4.69, 9.17) is 16.3 Å². The van der Waals surface area contributed by atoms with Crippen molar-refractivity contribution in [3.8, 4) is 5.75 Å². The second-order valence-electron chi connectivity index (χ2n) is 5.56. The number of aromatic nitrogens is 1. The van der Waals surface area contributed by atoms with Crippen LogP contribution in [0.15, 0.2) is 30.3 Å². The molecule has 0 saturated heterocycles. The molecule has 0 amide bonds. The van der Waals surface area contributed by atoms with Gasteiger partial charge < -0.3 is 9.47 Å². The van der Waals surface area contributed by atoms with Crippen LogP contribution < -0.4 is 4.74 Å². The van der Waals surface area contributed by atoms with Crippen molar-refractivity contribution in [2.45, 2.75) is 33.5 Å². The third-order valence-corrected chi connectivity index (χ3v) is 3.80. The summed E-state index contributed by atoms with van der Waals surface area (Å²) in [5.41, 5.74) is 1.52. The lowest BCUT2D eigenvalue weighted by Gasteiger charge is -2.14. The number of carbonyl (C=O) groups is 2. The van der Waals surface area contributed by atoms with Crippen LogP contribution in [0.1, 0.15) is 38.9 Å². The van der Waals surface area contributed by atoms with Gasteiger partial charge in [0.2, 0.25) is 5.78 Å². The molecule has 0 fully saturated rings. The molecule has 0 N–H and O–H groups in total. The van der Waals surface area contributed by atoms with Crippen LogP contribution in [-0.4, -0.2) is 29.5 Å². The molecule has 2 rings (SSSR count). The summed E-state index contributed by atoms with van der Waals surface area (Å²) in [6.07, 6.45) is -1.10. The number of pyridine rings is 1. The van der Waals surface area contributed by atoms with Crippen LogP contribution in [0.3, 0.4) is 0 Å². The van der Waals surface area contributed by atoms with Gasteiger partial charge in [-0.1, -0.05) is 11.6 Å². The third-order valence-electron chi connectivity index (χ3n) is 3.52. The van der Waals surface area contributed by atoms with Gasteiger partial charge in [0, 0.05) is 11.3 Å². The van der Waals surface area contributed by atoms with Crippen LogP contribution in [0, 0.1) is 13.8 Å². The number of hydrogen-bond acceptors (Lipinski definition) is 5. The van der Waals surface area contributed by atoms with Crippen molar-refractivity contribution >= 4 is 23.4 Å². The van der Waals surface area contributed by atoms with Crippen LogP contribution >= 0.6 is 11.6 Å². The highest BCUT2D eigenvalue weighted by Crippen LogP contribution is 2.21. The highest BCUT2D eigenvalue weighted by Gasteiger charge is 2.24. The van der Waals surface area contributed by atoms with E-state index in [2.05, 4.69) is 9.72 Å². The Balaban J connectivity index is 2.10. The van der Waals surface area contributed by atoms with Gasteiger partial charge in [-0.3, -0.25) is 4.79 Å². The first-order chi connectivity index (χ1) is 12.2. The maximum Gasteiger partial charge on any atom is 0.387 e. The lowest BCUT2D eigenvalue weighted by Crippen LogP contribution is -2.25. The summed E-state index contributed by atoms with van der Waals surface area (Å²) < 4.78 is 33.7. The number of ether oxygens (including phenoxy) is 2. The second kappa shape index (κ2) is 8.23. The first kappa shape index (κ1) is 19.8. The zero-order valence-corrected chi connectivity index (χ0v) is 15.0. The summed E-state index contributed by atoms with van der Waals surface area (Å²) >= 11 is 6.00. The Morgan fingerprint density at radius 1 is 1.15 bits per heavy atom. The molecule has 26 heavy (non-hydrogen) atoms. The van der Waals surface area contributed by atoms with E-state index in [9.17, 15) is 18.4 Å². The number of alkyl halides is 2. The lowest BCUT2D eigenvalue weighted by atomic mass is 10.1. The average molecular weight is 384 g/mol. The fourth-order valence-electron chi connectivity index (χ4n) is 2.34. The number of rotatable bonds is 6. The maximum atomic E-state index is 12.4. The first-order valence-corrected chi connectivity index (χ1v) is 8.00. The molecule has 0 radical (unpaired) electrons. The molecular formula is C18H16ClF2NO4. The van der Waals surface area contributed by atoms with Gasteiger partial charge in [-0.25, -0.2) is 9.78 Å². The smallest absolute Gasteiger partial charge is 0.387 e. The first-order valence-electron chi connectivity index (χ1n) is 7.63. The van der Waals surface area contributed by atoms with Crippen molar-refractivity contribution in [2.24, 2.45) is 0 Å². The molecule has 8 heteroatoms. The van der Waals surface area contributed by atoms with E-state index in [-0.39, 0.29) is 22.0 Å². The van der Waals surface area contributed by atoms with E-state index < -0.39 is 24.5 Å². The molecule has 1 aromatic carbocycles. The molecule has 138 valence electrons. The lowest BCUT2D eigenvalue weighted by molar-refractivity contribution is -0.0498. The van der Waals surface area contributed by atoms with Gasteiger partial charge >= 0.3 is 12.6 Å². The number of aryl methyl sites for hydroxylation is 2. The summed E-state index contributed by atoms with van der Waals surface area (Å²) in [6, 6.07) is 6.78. The molecule has 5 nitrogen and oxygen atoms in total. The topological polar surface area (TPSA) is 65.5 Å². The quantitative estimate of drug-likeness (QED) is 0.420. The summed E-state index contributed by atoms with van der Waals surface area (Å²) in [5, 5.41) is 0.000602. The Hall–Kier alpha value is -2.54. The number of nitrogens with zero attached hydrogens (tertiary/aromatic N) is 1. The SMILES string of the molecule is Cc1cc(C)c(C(=O)O[C@@H](C)C(=O)c2ccc(OC(F)F)cc2)c(Cl)n1. The average Bonchev–Trinajstić information content (AvgIpc) is 2.53. The minimum atomic E-state index is -2.95. The molecule has 1 atom stereocenters. The number of hydrogen-bond donors (Lipinski definition) is 0. The van der Waals surface area contributed by atoms with E-state index in [0.29, 0.717) is 11.3 Å². The number of halogens is 3. The third kappa shape index (κ3) is 4.76. The van der Waals surface area contributed by atoms with Crippen LogP contribution in [0.2, 0.25) is 5.15 Å². The number of esters is 1. The van der Waals surface area contributed by atoms with Gasteiger partial charge in [-0.2, -0.15) is 8.78 Å². The van der Waals surface area contributed by atoms with E-state index in [1.165, 1.54) is 31.2 Å². The number of Topliss-reactive ketones (excluding diaryl/α,β-unsaturated/α-hetero) is 1. The van der Waals surface area contributed by atoms with Crippen molar-refractivity contribution in [1.82, 2.24) is 4.98 Å². The van der Waals surface area contributed by atoms with Gasteiger partial charge in [0.15, 0.2) is 6.10 Å².